The molecule has 1 aromatic heterocycles. The molecule has 0 aliphatic carbocycles. The zero-order chi connectivity index (χ0) is 15.0. The van der Waals surface area contributed by atoms with Gasteiger partial charge in [0.25, 0.3) is 0 Å². The highest BCUT2D eigenvalue weighted by Crippen LogP contribution is 2.28. The molecule has 4 nitrogen and oxygen atoms in total. The van der Waals surface area contributed by atoms with Gasteiger partial charge in [0.05, 0.1) is 29.1 Å². The molecule has 1 aliphatic rings. The van der Waals surface area contributed by atoms with Gasteiger partial charge < -0.3 is 10.5 Å². The standard InChI is InChI=1S/C16H20BrN3O/c1-3-14-16(17)15(20(2)19-14)7-13(18)10-4-5-11-8-21-9-12(11)6-10/h4-6,13H,3,7-9,18H2,1-2H3. The Kier molecular flexibility index (Phi) is 4.15. The van der Waals surface area contributed by atoms with Gasteiger partial charge in [-0.3, -0.25) is 4.68 Å². The van der Waals surface area contributed by atoms with Gasteiger partial charge in [-0.1, -0.05) is 25.1 Å². The lowest BCUT2D eigenvalue weighted by Gasteiger charge is -2.14. The van der Waals surface area contributed by atoms with E-state index in [9.17, 15) is 0 Å². The van der Waals surface area contributed by atoms with Crippen LogP contribution < -0.4 is 5.73 Å². The maximum absolute atomic E-state index is 6.41. The van der Waals surface area contributed by atoms with Gasteiger partial charge in [-0.25, -0.2) is 0 Å². The van der Waals surface area contributed by atoms with Crippen molar-refractivity contribution in [1.82, 2.24) is 9.78 Å². The van der Waals surface area contributed by atoms with Crippen LogP contribution >= 0.6 is 15.9 Å². The van der Waals surface area contributed by atoms with Crippen LogP contribution in [-0.2, 0) is 37.8 Å². The van der Waals surface area contributed by atoms with Crippen LogP contribution in [0.15, 0.2) is 22.7 Å². The number of rotatable bonds is 4. The maximum Gasteiger partial charge on any atom is 0.0766 e. The summed E-state index contributed by atoms with van der Waals surface area (Å²) >= 11 is 3.65. The topological polar surface area (TPSA) is 53.1 Å². The van der Waals surface area contributed by atoms with Crippen molar-refractivity contribution in [2.75, 3.05) is 0 Å². The van der Waals surface area contributed by atoms with E-state index in [1.807, 2.05) is 11.7 Å². The molecule has 0 saturated heterocycles. The Labute approximate surface area is 133 Å². The molecule has 2 heterocycles. The third kappa shape index (κ3) is 2.78. The molecule has 0 bridgehead atoms. The molecule has 3 rings (SSSR count). The largest absolute Gasteiger partial charge is 0.372 e. The van der Waals surface area contributed by atoms with E-state index in [4.69, 9.17) is 10.5 Å². The number of nitrogens with zero attached hydrogens (tertiary/aromatic N) is 2. The van der Waals surface area contributed by atoms with E-state index in [1.54, 1.807) is 0 Å². The second-order valence-corrected chi connectivity index (χ2v) is 6.31. The van der Waals surface area contributed by atoms with E-state index in [0.29, 0.717) is 6.61 Å². The number of hydrogen-bond donors (Lipinski definition) is 1. The average molecular weight is 350 g/mol. The van der Waals surface area contributed by atoms with Crippen molar-refractivity contribution in [2.45, 2.75) is 39.0 Å². The van der Waals surface area contributed by atoms with Crippen molar-refractivity contribution in [2.24, 2.45) is 12.8 Å². The summed E-state index contributed by atoms with van der Waals surface area (Å²) in [7, 11) is 1.97. The van der Waals surface area contributed by atoms with Crippen molar-refractivity contribution in [1.29, 1.82) is 0 Å². The molecule has 21 heavy (non-hydrogen) atoms. The van der Waals surface area contributed by atoms with Crippen molar-refractivity contribution in [3.05, 3.63) is 50.8 Å². The van der Waals surface area contributed by atoms with Gasteiger partial charge in [-0.15, -0.1) is 0 Å². The molecule has 5 heteroatoms. The van der Waals surface area contributed by atoms with Gasteiger partial charge in [0.2, 0.25) is 0 Å². The zero-order valence-electron chi connectivity index (χ0n) is 12.4. The number of halogens is 1. The normalized spacial score (nSPS) is 15.2. The van der Waals surface area contributed by atoms with Crippen molar-refractivity contribution in [3.8, 4) is 0 Å². The van der Waals surface area contributed by atoms with Gasteiger partial charge in [-0.2, -0.15) is 5.10 Å². The molecule has 0 fully saturated rings. The summed E-state index contributed by atoms with van der Waals surface area (Å²) < 4.78 is 8.48. The quantitative estimate of drug-likeness (QED) is 0.922. The summed E-state index contributed by atoms with van der Waals surface area (Å²) in [5.74, 6) is 0. The Morgan fingerprint density at radius 3 is 2.86 bits per heavy atom. The van der Waals surface area contributed by atoms with Crippen LogP contribution in [0.25, 0.3) is 0 Å². The van der Waals surface area contributed by atoms with E-state index >= 15 is 0 Å². The fourth-order valence-electron chi connectivity index (χ4n) is 2.79. The molecular weight excluding hydrogens is 330 g/mol. The molecular formula is C16H20BrN3O. The number of fused-ring (bicyclic) bond motifs is 1. The molecule has 0 spiro atoms. The third-order valence-electron chi connectivity index (χ3n) is 4.09. The molecule has 1 atom stereocenters. The van der Waals surface area contributed by atoms with Crippen LogP contribution in [0.4, 0.5) is 0 Å². The van der Waals surface area contributed by atoms with Crippen LogP contribution in [0, 0.1) is 0 Å². The Bertz CT molecular complexity index is 666. The predicted molar refractivity (Wildman–Crippen MR) is 85.9 cm³/mol. The zero-order valence-corrected chi connectivity index (χ0v) is 14.0. The monoisotopic (exact) mass is 349 g/mol. The second kappa shape index (κ2) is 5.91. The number of benzene rings is 1. The van der Waals surface area contributed by atoms with Gasteiger partial charge in [0.1, 0.15) is 0 Å². The molecule has 1 aliphatic heterocycles. The lowest BCUT2D eigenvalue weighted by atomic mass is 9.98. The summed E-state index contributed by atoms with van der Waals surface area (Å²) in [6, 6.07) is 6.39. The van der Waals surface area contributed by atoms with E-state index in [0.717, 1.165) is 40.9 Å². The first-order valence-corrected chi connectivity index (χ1v) is 8.04. The third-order valence-corrected chi connectivity index (χ3v) is 5.01. The molecule has 0 radical (unpaired) electrons. The first kappa shape index (κ1) is 14.8. The summed E-state index contributed by atoms with van der Waals surface area (Å²) in [5.41, 5.74) is 12.3. The summed E-state index contributed by atoms with van der Waals surface area (Å²) in [4.78, 5) is 0. The SMILES string of the molecule is CCc1nn(C)c(CC(N)c2ccc3c(c2)COC3)c1Br. The fourth-order valence-corrected chi connectivity index (χ4v) is 3.57. The summed E-state index contributed by atoms with van der Waals surface area (Å²) in [6.45, 7) is 3.53. The van der Waals surface area contributed by atoms with Crippen molar-refractivity contribution >= 4 is 15.9 Å². The molecule has 0 saturated carbocycles. The highest BCUT2D eigenvalue weighted by molar-refractivity contribution is 9.10. The molecule has 1 unspecified atom stereocenters. The lowest BCUT2D eigenvalue weighted by molar-refractivity contribution is 0.134. The molecule has 0 amide bonds. The van der Waals surface area contributed by atoms with Gasteiger partial charge in [-0.05, 0) is 39.0 Å². The molecule has 112 valence electrons. The second-order valence-electron chi connectivity index (χ2n) is 5.52. The fraction of sp³-hybridized carbons (Fsp3) is 0.438. The number of aryl methyl sites for hydroxylation is 2. The lowest BCUT2D eigenvalue weighted by Crippen LogP contribution is -2.16. The number of hydrogen-bond acceptors (Lipinski definition) is 3. The first-order valence-electron chi connectivity index (χ1n) is 7.25. The van der Waals surface area contributed by atoms with Crippen LogP contribution in [-0.4, -0.2) is 9.78 Å². The van der Waals surface area contributed by atoms with E-state index in [-0.39, 0.29) is 6.04 Å². The van der Waals surface area contributed by atoms with Gasteiger partial charge in [0.15, 0.2) is 0 Å². The van der Waals surface area contributed by atoms with Crippen LogP contribution in [0.5, 0.6) is 0 Å². The Hall–Kier alpha value is -1.17. The van der Waals surface area contributed by atoms with E-state index in [2.05, 4.69) is 46.2 Å². The highest BCUT2D eigenvalue weighted by atomic mass is 79.9. The molecule has 1 aromatic carbocycles. The highest BCUT2D eigenvalue weighted by Gasteiger charge is 2.18. The van der Waals surface area contributed by atoms with Crippen molar-refractivity contribution < 1.29 is 4.74 Å². The Morgan fingerprint density at radius 2 is 2.14 bits per heavy atom. The molecule has 2 N–H and O–H groups in total. The molecule has 2 aromatic rings. The smallest absolute Gasteiger partial charge is 0.0766 e. The Balaban J connectivity index is 1.83. The predicted octanol–water partition coefficient (Wildman–Crippen LogP) is 3.02. The number of aromatic nitrogens is 2. The van der Waals surface area contributed by atoms with Crippen molar-refractivity contribution in [3.63, 3.8) is 0 Å². The minimum Gasteiger partial charge on any atom is -0.372 e. The number of nitrogens with two attached hydrogens (primary N) is 1. The van der Waals surface area contributed by atoms with E-state index < -0.39 is 0 Å². The van der Waals surface area contributed by atoms with Gasteiger partial charge in [0, 0.05) is 19.5 Å². The van der Waals surface area contributed by atoms with Crippen LogP contribution in [0.3, 0.4) is 0 Å². The van der Waals surface area contributed by atoms with Gasteiger partial charge >= 0.3 is 0 Å². The Morgan fingerprint density at radius 1 is 1.38 bits per heavy atom. The minimum absolute atomic E-state index is 0.0349. The first-order chi connectivity index (χ1) is 10.1. The number of ether oxygens (including phenoxy) is 1. The van der Waals surface area contributed by atoms with Crippen LogP contribution in [0.1, 0.15) is 41.0 Å². The average Bonchev–Trinajstić information content (AvgIpc) is 3.05. The summed E-state index contributed by atoms with van der Waals surface area (Å²) in [5, 5.41) is 4.53. The van der Waals surface area contributed by atoms with Crippen LogP contribution in [0.2, 0.25) is 0 Å². The van der Waals surface area contributed by atoms with E-state index in [1.165, 1.54) is 11.1 Å². The minimum atomic E-state index is -0.0349. The summed E-state index contributed by atoms with van der Waals surface area (Å²) in [6.07, 6.45) is 1.68. The maximum atomic E-state index is 6.41.